The highest BCUT2D eigenvalue weighted by Crippen LogP contribution is 2.07. The summed E-state index contributed by atoms with van der Waals surface area (Å²) in [5, 5.41) is 0. The van der Waals surface area contributed by atoms with Crippen LogP contribution < -0.4 is 0 Å². The van der Waals surface area contributed by atoms with E-state index in [4.69, 9.17) is 0 Å². The normalized spacial score (nSPS) is 11.3. The number of hydrogen-bond donors (Lipinski definition) is 0. The van der Waals surface area contributed by atoms with Crippen LogP contribution in [0.3, 0.4) is 0 Å². The average molecular weight is 234 g/mol. The molecule has 1 aromatic rings. The van der Waals surface area contributed by atoms with Crippen LogP contribution in [0.25, 0.3) is 0 Å². The molecule has 0 unspecified atom stereocenters. The third-order valence-electron chi connectivity index (χ3n) is 1.74. The van der Waals surface area contributed by atoms with E-state index in [-0.39, 0.29) is 5.56 Å². The van der Waals surface area contributed by atoms with Crippen molar-refractivity contribution < 1.29 is 21.5 Å². The van der Waals surface area contributed by atoms with E-state index in [1.54, 1.807) is 0 Å². The Morgan fingerprint density at radius 3 is 2.20 bits per heavy atom. The van der Waals surface area contributed by atoms with E-state index in [1.807, 2.05) is 0 Å². The van der Waals surface area contributed by atoms with Gasteiger partial charge in [-0.3, -0.25) is 4.79 Å². The van der Waals surface area contributed by atoms with E-state index in [9.17, 15) is 21.5 Å². The number of ketones is 1. The predicted octanol–water partition coefficient (Wildman–Crippen LogP) is 1.70. The molecule has 0 spiro atoms. The standard InChI is InChI=1S/C9H8F2O3S/c10-8-3-1-7(2-4-8)9(12)5-6-15(11,13)14/h1-4H,5-6H2. The molecule has 82 valence electrons. The summed E-state index contributed by atoms with van der Waals surface area (Å²) in [6.45, 7) is 0. The van der Waals surface area contributed by atoms with Gasteiger partial charge in [0.1, 0.15) is 5.82 Å². The summed E-state index contributed by atoms with van der Waals surface area (Å²) in [5.74, 6) is -1.87. The topological polar surface area (TPSA) is 51.2 Å². The fourth-order valence-corrected chi connectivity index (χ4v) is 1.42. The molecule has 0 amide bonds. The second-order valence-electron chi connectivity index (χ2n) is 2.92. The molecule has 15 heavy (non-hydrogen) atoms. The lowest BCUT2D eigenvalue weighted by molar-refractivity contribution is 0.0988. The maximum absolute atomic E-state index is 12.5. The van der Waals surface area contributed by atoms with Crippen molar-refractivity contribution in [1.29, 1.82) is 0 Å². The van der Waals surface area contributed by atoms with Gasteiger partial charge in [-0.25, -0.2) is 4.39 Å². The van der Waals surface area contributed by atoms with Crippen molar-refractivity contribution in [3.05, 3.63) is 35.6 Å². The number of benzene rings is 1. The fourth-order valence-electron chi connectivity index (χ4n) is 0.995. The first-order chi connectivity index (χ1) is 6.88. The summed E-state index contributed by atoms with van der Waals surface area (Å²) < 4.78 is 44.8. The molecule has 0 aromatic heterocycles. The maximum atomic E-state index is 12.5. The summed E-state index contributed by atoms with van der Waals surface area (Å²) in [7, 11) is -4.63. The van der Waals surface area contributed by atoms with Gasteiger partial charge in [-0.05, 0) is 24.3 Å². The molecule has 0 saturated carbocycles. The van der Waals surface area contributed by atoms with Crippen molar-refractivity contribution in [2.75, 3.05) is 5.75 Å². The van der Waals surface area contributed by atoms with Gasteiger partial charge >= 0.3 is 10.2 Å². The molecule has 0 aliphatic heterocycles. The van der Waals surface area contributed by atoms with Crippen molar-refractivity contribution >= 4 is 16.0 Å². The van der Waals surface area contributed by atoms with Gasteiger partial charge in [-0.15, -0.1) is 3.89 Å². The first-order valence-corrected chi connectivity index (χ1v) is 5.65. The molecule has 0 heterocycles. The summed E-state index contributed by atoms with van der Waals surface area (Å²) >= 11 is 0. The smallest absolute Gasteiger partial charge is 0.294 e. The van der Waals surface area contributed by atoms with Crippen LogP contribution in [0.5, 0.6) is 0 Å². The summed E-state index contributed by atoms with van der Waals surface area (Å²) in [4.78, 5) is 11.2. The lowest BCUT2D eigenvalue weighted by Crippen LogP contribution is -2.07. The number of rotatable bonds is 4. The highest BCUT2D eigenvalue weighted by atomic mass is 32.3. The van der Waals surface area contributed by atoms with Crippen molar-refractivity contribution in [3.63, 3.8) is 0 Å². The molecule has 0 radical (unpaired) electrons. The van der Waals surface area contributed by atoms with E-state index in [1.165, 1.54) is 12.1 Å². The van der Waals surface area contributed by atoms with E-state index >= 15 is 0 Å². The fraction of sp³-hybridized carbons (Fsp3) is 0.222. The quantitative estimate of drug-likeness (QED) is 0.588. The maximum Gasteiger partial charge on any atom is 0.302 e. The highest BCUT2D eigenvalue weighted by Gasteiger charge is 2.12. The van der Waals surface area contributed by atoms with Gasteiger partial charge in [0.05, 0.1) is 5.75 Å². The van der Waals surface area contributed by atoms with E-state index in [0.29, 0.717) is 0 Å². The van der Waals surface area contributed by atoms with Gasteiger partial charge in [0, 0.05) is 12.0 Å². The van der Waals surface area contributed by atoms with E-state index < -0.39 is 34.0 Å². The van der Waals surface area contributed by atoms with E-state index in [0.717, 1.165) is 12.1 Å². The Morgan fingerprint density at radius 2 is 1.73 bits per heavy atom. The molecule has 0 saturated heterocycles. The second kappa shape index (κ2) is 4.48. The Morgan fingerprint density at radius 1 is 1.20 bits per heavy atom. The van der Waals surface area contributed by atoms with Crippen molar-refractivity contribution in [3.8, 4) is 0 Å². The number of Topliss-reactive ketones (excluding diaryl/α,β-unsaturated/α-hetero) is 1. The van der Waals surface area contributed by atoms with Gasteiger partial charge in [0.15, 0.2) is 5.78 Å². The molecule has 1 rings (SSSR count). The molecule has 3 nitrogen and oxygen atoms in total. The molecule has 0 bridgehead atoms. The Kier molecular flexibility index (Phi) is 3.52. The van der Waals surface area contributed by atoms with Crippen LogP contribution in [0.15, 0.2) is 24.3 Å². The van der Waals surface area contributed by atoms with Crippen molar-refractivity contribution in [2.45, 2.75) is 6.42 Å². The SMILES string of the molecule is O=C(CCS(=O)(=O)F)c1ccc(F)cc1. The third kappa shape index (κ3) is 4.16. The lowest BCUT2D eigenvalue weighted by atomic mass is 10.1. The third-order valence-corrected chi connectivity index (χ3v) is 2.43. The number of halogens is 2. The molecule has 0 aliphatic carbocycles. The Balaban J connectivity index is 2.66. The largest absolute Gasteiger partial charge is 0.302 e. The highest BCUT2D eigenvalue weighted by molar-refractivity contribution is 7.86. The molecule has 0 aliphatic rings. The molecule has 0 N–H and O–H groups in total. The minimum Gasteiger partial charge on any atom is -0.294 e. The number of carbonyl (C=O) groups excluding carboxylic acids is 1. The predicted molar refractivity (Wildman–Crippen MR) is 50.2 cm³/mol. The molecular weight excluding hydrogens is 226 g/mol. The summed E-state index contributed by atoms with van der Waals surface area (Å²) in [6.07, 6.45) is -0.440. The zero-order chi connectivity index (χ0) is 11.5. The number of carbonyl (C=O) groups is 1. The van der Waals surface area contributed by atoms with Gasteiger partial charge in [0.2, 0.25) is 0 Å². The first kappa shape index (κ1) is 11.8. The van der Waals surface area contributed by atoms with Crippen LogP contribution in [-0.2, 0) is 10.2 Å². The van der Waals surface area contributed by atoms with Crippen LogP contribution in [0.2, 0.25) is 0 Å². The Bertz CT molecular complexity index is 451. The first-order valence-electron chi connectivity index (χ1n) is 4.09. The summed E-state index contributed by atoms with van der Waals surface area (Å²) in [5.41, 5.74) is 0.167. The van der Waals surface area contributed by atoms with Gasteiger partial charge in [-0.1, -0.05) is 0 Å². The van der Waals surface area contributed by atoms with Crippen molar-refractivity contribution in [1.82, 2.24) is 0 Å². The minimum absolute atomic E-state index is 0.167. The molecule has 6 heteroatoms. The average Bonchev–Trinajstić information content (AvgIpc) is 2.14. The molecular formula is C9H8F2O3S. The van der Waals surface area contributed by atoms with Crippen LogP contribution in [0.1, 0.15) is 16.8 Å². The van der Waals surface area contributed by atoms with Gasteiger partial charge < -0.3 is 0 Å². The van der Waals surface area contributed by atoms with Crippen LogP contribution in [0, 0.1) is 5.82 Å². The minimum atomic E-state index is -4.63. The molecule has 1 aromatic carbocycles. The number of hydrogen-bond acceptors (Lipinski definition) is 3. The second-order valence-corrected chi connectivity index (χ2v) is 4.41. The van der Waals surface area contributed by atoms with Crippen LogP contribution in [-0.4, -0.2) is 20.0 Å². The van der Waals surface area contributed by atoms with Crippen molar-refractivity contribution in [2.24, 2.45) is 0 Å². The van der Waals surface area contributed by atoms with Gasteiger partial charge in [0.25, 0.3) is 0 Å². The zero-order valence-electron chi connectivity index (χ0n) is 7.61. The van der Waals surface area contributed by atoms with Crippen LogP contribution in [0.4, 0.5) is 8.28 Å². The lowest BCUT2D eigenvalue weighted by Gasteiger charge is -1.98. The monoisotopic (exact) mass is 234 g/mol. The van der Waals surface area contributed by atoms with Gasteiger partial charge in [-0.2, -0.15) is 8.42 Å². The Labute approximate surface area is 85.9 Å². The summed E-state index contributed by atoms with van der Waals surface area (Å²) in [6, 6.07) is 4.61. The van der Waals surface area contributed by atoms with E-state index in [2.05, 4.69) is 0 Å². The molecule has 0 fully saturated rings. The molecule has 0 atom stereocenters. The van der Waals surface area contributed by atoms with Crippen LogP contribution >= 0.6 is 0 Å². The Hall–Kier alpha value is -1.30. The zero-order valence-corrected chi connectivity index (χ0v) is 8.43.